The molecule has 0 fully saturated rings. The fourth-order valence-electron chi connectivity index (χ4n) is 2.52. The summed E-state index contributed by atoms with van der Waals surface area (Å²) in [5.41, 5.74) is 1.27. The Balaban J connectivity index is 1.36. The highest BCUT2D eigenvalue weighted by Crippen LogP contribution is 2.32. The number of rotatable bonds is 8. The van der Waals surface area contributed by atoms with Crippen LogP contribution >= 0.6 is 0 Å². The van der Waals surface area contributed by atoms with Crippen molar-refractivity contribution in [2.45, 2.75) is 12.8 Å². The Morgan fingerprint density at radius 3 is 2.59 bits per heavy atom. The quantitative estimate of drug-likeness (QED) is 0.564. The second kappa shape index (κ2) is 8.84. The van der Waals surface area contributed by atoms with Gasteiger partial charge in [-0.1, -0.05) is 30.3 Å². The van der Waals surface area contributed by atoms with Crippen molar-refractivity contribution in [1.82, 2.24) is 5.32 Å². The summed E-state index contributed by atoms with van der Waals surface area (Å²) in [4.78, 5) is 35.6. The van der Waals surface area contributed by atoms with Crippen LogP contribution in [0.4, 0.5) is 0 Å². The molecule has 2 aromatic rings. The number of hydrogen-bond donors (Lipinski definition) is 1. The first-order valence-electron chi connectivity index (χ1n) is 8.51. The Morgan fingerprint density at radius 2 is 1.78 bits per heavy atom. The van der Waals surface area contributed by atoms with Crippen LogP contribution in [-0.2, 0) is 20.7 Å². The molecule has 1 aliphatic rings. The number of ether oxygens (including phenoxy) is 3. The van der Waals surface area contributed by atoms with Crippen LogP contribution in [0.15, 0.2) is 48.5 Å². The predicted octanol–water partition coefficient (Wildman–Crippen LogP) is 1.89. The number of benzene rings is 2. The molecule has 0 unspecified atom stereocenters. The molecule has 1 heterocycles. The summed E-state index contributed by atoms with van der Waals surface area (Å²) in [6.07, 6.45) is 0.243. The smallest absolute Gasteiger partial charge is 0.308 e. The highest BCUT2D eigenvalue weighted by Gasteiger charge is 2.17. The first kappa shape index (κ1) is 18.4. The van der Waals surface area contributed by atoms with Crippen molar-refractivity contribution < 1.29 is 28.6 Å². The monoisotopic (exact) mass is 369 g/mol. The maximum Gasteiger partial charge on any atom is 0.308 e. The van der Waals surface area contributed by atoms with Crippen LogP contribution in [-0.4, -0.2) is 37.6 Å². The number of esters is 1. The molecule has 7 nitrogen and oxygen atoms in total. The molecule has 3 rings (SSSR count). The fraction of sp³-hybridized carbons (Fsp3) is 0.250. The van der Waals surface area contributed by atoms with Gasteiger partial charge in [-0.25, -0.2) is 0 Å². The van der Waals surface area contributed by atoms with Crippen molar-refractivity contribution in [3.8, 4) is 11.5 Å². The van der Waals surface area contributed by atoms with Gasteiger partial charge in [0, 0.05) is 12.1 Å². The standard InChI is InChI=1S/C20H19NO6/c22-16(15-6-7-17-18(11-15)27-13-26-17)12-25-20(24)8-9-21-19(23)10-14-4-2-1-3-5-14/h1-7,11H,8-10,12-13H2,(H,21,23). The van der Waals surface area contributed by atoms with Gasteiger partial charge in [-0.15, -0.1) is 0 Å². The van der Waals surface area contributed by atoms with Crippen molar-refractivity contribution in [3.63, 3.8) is 0 Å². The third-order valence-electron chi connectivity index (χ3n) is 3.92. The Bertz CT molecular complexity index is 834. The first-order valence-corrected chi connectivity index (χ1v) is 8.51. The van der Waals surface area contributed by atoms with E-state index in [2.05, 4.69) is 5.32 Å². The minimum atomic E-state index is -0.552. The van der Waals surface area contributed by atoms with Gasteiger partial charge in [-0.2, -0.15) is 0 Å². The third kappa shape index (κ3) is 5.31. The third-order valence-corrected chi connectivity index (χ3v) is 3.92. The molecule has 1 amide bonds. The lowest BCUT2D eigenvalue weighted by atomic mass is 10.1. The zero-order chi connectivity index (χ0) is 19.1. The number of amides is 1. The molecule has 0 aromatic heterocycles. The van der Waals surface area contributed by atoms with Crippen molar-refractivity contribution in [2.24, 2.45) is 0 Å². The summed E-state index contributed by atoms with van der Waals surface area (Å²) >= 11 is 0. The van der Waals surface area contributed by atoms with E-state index in [-0.39, 0.29) is 44.5 Å². The lowest BCUT2D eigenvalue weighted by Crippen LogP contribution is -2.28. The Morgan fingerprint density at radius 1 is 1.00 bits per heavy atom. The maximum atomic E-state index is 12.1. The minimum Gasteiger partial charge on any atom is -0.457 e. The van der Waals surface area contributed by atoms with E-state index in [4.69, 9.17) is 14.2 Å². The molecule has 7 heteroatoms. The Hall–Kier alpha value is -3.35. The summed E-state index contributed by atoms with van der Waals surface area (Å²) in [5, 5.41) is 2.65. The number of carbonyl (C=O) groups is 3. The zero-order valence-electron chi connectivity index (χ0n) is 14.6. The molecule has 1 N–H and O–H groups in total. The van der Waals surface area contributed by atoms with Gasteiger partial charge in [0.25, 0.3) is 0 Å². The number of hydrogen-bond acceptors (Lipinski definition) is 6. The highest BCUT2D eigenvalue weighted by atomic mass is 16.7. The molecule has 0 saturated carbocycles. The maximum absolute atomic E-state index is 12.1. The van der Waals surface area contributed by atoms with E-state index in [0.717, 1.165) is 5.56 Å². The number of fused-ring (bicyclic) bond motifs is 1. The van der Waals surface area contributed by atoms with E-state index in [0.29, 0.717) is 17.1 Å². The lowest BCUT2D eigenvalue weighted by molar-refractivity contribution is -0.142. The number of nitrogens with one attached hydrogen (secondary N) is 1. The SMILES string of the molecule is O=C(Cc1ccccc1)NCCC(=O)OCC(=O)c1ccc2c(c1)OCO2. The van der Waals surface area contributed by atoms with Gasteiger partial charge in [0.05, 0.1) is 12.8 Å². The van der Waals surface area contributed by atoms with Crippen LogP contribution < -0.4 is 14.8 Å². The largest absolute Gasteiger partial charge is 0.457 e. The molecular weight excluding hydrogens is 350 g/mol. The fourth-order valence-corrected chi connectivity index (χ4v) is 2.52. The normalized spacial score (nSPS) is 11.7. The number of carbonyl (C=O) groups excluding carboxylic acids is 3. The van der Waals surface area contributed by atoms with Gasteiger partial charge in [0.15, 0.2) is 23.9 Å². The van der Waals surface area contributed by atoms with Crippen LogP contribution in [0.25, 0.3) is 0 Å². The van der Waals surface area contributed by atoms with Gasteiger partial charge < -0.3 is 19.5 Å². The average Bonchev–Trinajstić information content (AvgIpc) is 3.14. The molecule has 0 bridgehead atoms. The first-order chi connectivity index (χ1) is 13.1. The zero-order valence-corrected chi connectivity index (χ0v) is 14.6. The Labute approximate surface area is 156 Å². The summed E-state index contributed by atoms with van der Waals surface area (Å²) < 4.78 is 15.4. The average molecular weight is 369 g/mol. The van der Waals surface area contributed by atoms with Crippen LogP contribution in [0.3, 0.4) is 0 Å². The summed E-state index contributed by atoms with van der Waals surface area (Å²) in [7, 11) is 0. The van der Waals surface area contributed by atoms with Gasteiger partial charge in [0.2, 0.25) is 12.7 Å². The van der Waals surface area contributed by atoms with Gasteiger partial charge in [-0.05, 0) is 23.8 Å². The van der Waals surface area contributed by atoms with Gasteiger partial charge >= 0.3 is 5.97 Å². The van der Waals surface area contributed by atoms with E-state index in [9.17, 15) is 14.4 Å². The van der Waals surface area contributed by atoms with Crippen molar-refractivity contribution >= 4 is 17.7 Å². The van der Waals surface area contributed by atoms with E-state index in [1.54, 1.807) is 18.2 Å². The summed E-state index contributed by atoms with van der Waals surface area (Å²) in [6.45, 7) is -0.0862. The molecule has 0 saturated heterocycles. The Kier molecular flexibility index (Phi) is 6.04. The molecule has 2 aromatic carbocycles. The number of ketones is 1. The molecule has 0 spiro atoms. The van der Waals surface area contributed by atoms with E-state index in [1.165, 1.54) is 0 Å². The number of Topliss-reactive ketones (excluding diaryl/α,β-unsaturated/α-hetero) is 1. The molecular formula is C20H19NO6. The van der Waals surface area contributed by atoms with Crippen molar-refractivity contribution in [3.05, 3.63) is 59.7 Å². The molecule has 1 aliphatic heterocycles. The second-order valence-electron chi connectivity index (χ2n) is 5.91. The van der Waals surface area contributed by atoms with Crippen LogP contribution in [0.1, 0.15) is 22.3 Å². The van der Waals surface area contributed by atoms with E-state index >= 15 is 0 Å². The molecule has 0 atom stereocenters. The molecule has 0 radical (unpaired) electrons. The minimum absolute atomic E-state index is 0.00501. The predicted molar refractivity (Wildman–Crippen MR) is 95.6 cm³/mol. The van der Waals surface area contributed by atoms with Crippen LogP contribution in [0.2, 0.25) is 0 Å². The van der Waals surface area contributed by atoms with Crippen molar-refractivity contribution in [1.29, 1.82) is 0 Å². The molecule has 27 heavy (non-hydrogen) atoms. The van der Waals surface area contributed by atoms with Crippen molar-refractivity contribution in [2.75, 3.05) is 19.9 Å². The topological polar surface area (TPSA) is 90.9 Å². The molecule has 0 aliphatic carbocycles. The van der Waals surface area contributed by atoms with Gasteiger partial charge in [0.1, 0.15) is 0 Å². The van der Waals surface area contributed by atoms with Gasteiger partial charge in [-0.3, -0.25) is 14.4 Å². The summed E-state index contributed by atoms with van der Waals surface area (Å²) in [6, 6.07) is 14.1. The van der Waals surface area contributed by atoms with E-state index < -0.39 is 5.97 Å². The summed E-state index contributed by atoms with van der Waals surface area (Å²) in [5.74, 6) is 0.00685. The van der Waals surface area contributed by atoms with Crippen LogP contribution in [0.5, 0.6) is 11.5 Å². The lowest BCUT2D eigenvalue weighted by Gasteiger charge is -2.07. The highest BCUT2D eigenvalue weighted by molar-refractivity contribution is 5.98. The van der Waals surface area contributed by atoms with E-state index in [1.807, 2.05) is 30.3 Å². The molecule has 140 valence electrons. The second-order valence-corrected chi connectivity index (χ2v) is 5.91. The van der Waals surface area contributed by atoms with Crippen LogP contribution in [0, 0.1) is 0 Å².